The van der Waals surface area contributed by atoms with E-state index in [1.165, 1.54) is 16.2 Å². The highest BCUT2D eigenvalue weighted by molar-refractivity contribution is 7.17. The molecule has 0 spiro atoms. The van der Waals surface area contributed by atoms with Crippen LogP contribution in [0.15, 0.2) is 42.9 Å². The minimum Gasteiger partial charge on any atom is -0.366 e. The fraction of sp³-hybridized carbons (Fsp3) is 0.125. The van der Waals surface area contributed by atoms with Crippen molar-refractivity contribution in [1.29, 1.82) is 0 Å². The first kappa shape index (κ1) is 15.9. The number of benzene rings is 1. The Labute approximate surface area is 142 Å². The number of hydrogen-bond donors (Lipinski definition) is 1. The molecule has 2 N–H and O–H groups in total. The van der Waals surface area contributed by atoms with Crippen molar-refractivity contribution in [2.24, 2.45) is 12.8 Å². The van der Waals surface area contributed by atoms with Crippen LogP contribution in [0, 0.1) is 0 Å². The van der Waals surface area contributed by atoms with Crippen LogP contribution in [0.2, 0.25) is 0 Å². The summed E-state index contributed by atoms with van der Waals surface area (Å²) in [5.74, 6) is -0.673. The standard InChI is InChI=1S/C16H15N5O2S/c1-20-9-11(7-19-20)15-18-8-13(24-15)16(23)21(2)12-5-3-10(4-6-12)14(17)22/h3-9H,1-2H3,(H2,17,22). The van der Waals surface area contributed by atoms with Gasteiger partial charge >= 0.3 is 0 Å². The maximum absolute atomic E-state index is 12.6. The lowest BCUT2D eigenvalue weighted by atomic mass is 10.2. The number of carbonyl (C=O) groups excluding carboxylic acids is 2. The largest absolute Gasteiger partial charge is 0.366 e. The minimum atomic E-state index is -0.501. The quantitative estimate of drug-likeness (QED) is 0.784. The maximum atomic E-state index is 12.6. The molecule has 2 aromatic heterocycles. The van der Waals surface area contributed by atoms with Crippen molar-refractivity contribution in [3.8, 4) is 10.6 Å². The van der Waals surface area contributed by atoms with Crippen molar-refractivity contribution in [3.63, 3.8) is 0 Å². The van der Waals surface area contributed by atoms with Crippen LogP contribution >= 0.6 is 11.3 Å². The summed E-state index contributed by atoms with van der Waals surface area (Å²) in [6, 6.07) is 6.55. The van der Waals surface area contributed by atoms with Gasteiger partial charge in [-0.25, -0.2) is 4.98 Å². The Kier molecular flexibility index (Phi) is 4.13. The zero-order valence-electron chi connectivity index (χ0n) is 13.1. The summed E-state index contributed by atoms with van der Waals surface area (Å²) >= 11 is 1.31. The van der Waals surface area contributed by atoms with Crippen LogP contribution in [0.3, 0.4) is 0 Å². The summed E-state index contributed by atoms with van der Waals surface area (Å²) in [5, 5.41) is 4.84. The van der Waals surface area contributed by atoms with Crippen LogP contribution in [-0.4, -0.2) is 33.6 Å². The van der Waals surface area contributed by atoms with Gasteiger partial charge in [-0.3, -0.25) is 14.3 Å². The average molecular weight is 341 g/mol. The molecule has 0 aliphatic rings. The molecule has 122 valence electrons. The molecule has 0 fully saturated rings. The first-order valence-electron chi connectivity index (χ1n) is 7.08. The molecule has 0 radical (unpaired) electrons. The van der Waals surface area contributed by atoms with Crippen molar-refractivity contribution in [2.45, 2.75) is 0 Å². The Balaban J connectivity index is 1.81. The van der Waals surface area contributed by atoms with E-state index in [4.69, 9.17) is 5.73 Å². The van der Waals surface area contributed by atoms with Crippen LogP contribution in [0.25, 0.3) is 10.6 Å². The van der Waals surface area contributed by atoms with Crippen molar-refractivity contribution in [3.05, 3.63) is 53.3 Å². The van der Waals surface area contributed by atoms with E-state index < -0.39 is 5.91 Å². The van der Waals surface area contributed by atoms with Gasteiger partial charge in [0.25, 0.3) is 5.91 Å². The first-order valence-corrected chi connectivity index (χ1v) is 7.90. The SMILES string of the molecule is CN(C(=O)c1cnc(-c2cnn(C)c2)s1)c1ccc(C(N)=O)cc1. The van der Waals surface area contributed by atoms with Crippen LogP contribution in [0.4, 0.5) is 5.69 Å². The van der Waals surface area contributed by atoms with Crippen molar-refractivity contribution in [2.75, 3.05) is 11.9 Å². The lowest BCUT2D eigenvalue weighted by molar-refractivity contribution is 0.0991. The third kappa shape index (κ3) is 3.04. The van der Waals surface area contributed by atoms with Gasteiger partial charge in [0.1, 0.15) is 9.88 Å². The Morgan fingerprint density at radius 1 is 1.21 bits per heavy atom. The van der Waals surface area contributed by atoms with Gasteiger partial charge in [0.2, 0.25) is 5.91 Å². The molecule has 3 rings (SSSR count). The highest BCUT2D eigenvalue weighted by atomic mass is 32.1. The molecule has 8 heteroatoms. The number of thiazole rings is 1. The second-order valence-corrected chi connectivity index (χ2v) is 6.24. The van der Waals surface area contributed by atoms with E-state index in [0.29, 0.717) is 16.1 Å². The molecule has 0 saturated heterocycles. The highest BCUT2D eigenvalue weighted by Gasteiger charge is 2.18. The molecule has 1 aromatic carbocycles. The molecule has 0 aliphatic carbocycles. The number of carbonyl (C=O) groups is 2. The summed E-state index contributed by atoms with van der Waals surface area (Å²) in [4.78, 5) is 30.0. The van der Waals surface area contributed by atoms with Crippen molar-refractivity contribution >= 4 is 28.8 Å². The first-order chi connectivity index (χ1) is 11.5. The van der Waals surface area contributed by atoms with Gasteiger partial charge in [0.15, 0.2) is 0 Å². The smallest absolute Gasteiger partial charge is 0.269 e. The fourth-order valence-corrected chi connectivity index (χ4v) is 3.04. The van der Waals surface area contributed by atoms with E-state index >= 15 is 0 Å². The number of rotatable bonds is 4. The molecule has 2 heterocycles. The monoisotopic (exact) mass is 341 g/mol. The summed E-state index contributed by atoms with van der Waals surface area (Å²) in [5.41, 5.74) is 7.16. The van der Waals surface area contributed by atoms with Gasteiger partial charge in [0, 0.05) is 37.1 Å². The van der Waals surface area contributed by atoms with Crippen LogP contribution in [-0.2, 0) is 7.05 Å². The predicted molar refractivity (Wildman–Crippen MR) is 92.0 cm³/mol. The van der Waals surface area contributed by atoms with Gasteiger partial charge in [0.05, 0.1) is 12.4 Å². The zero-order valence-corrected chi connectivity index (χ0v) is 13.9. The second-order valence-electron chi connectivity index (χ2n) is 5.21. The molecule has 7 nitrogen and oxygen atoms in total. The number of hydrogen-bond acceptors (Lipinski definition) is 5. The van der Waals surface area contributed by atoms with Gasteiger partial charge in [-0.1, -0.05) is 0 Å². The molecule has 0 saturated carbocycles. The summed E-state index contributed by atoms with van der Waals surface area (Å²) in [6.45, 7) is 0. The Morgan fingerprint density at radius 2 is 1.92 bits per heavy atom. The molecule has 2 amide bonds. The third-order valence-corrected chi connectivity index (χ3v) is 4.55. The lowest BCUT2D eigenvalue weighted by Crippen LogP contribution is -2.25. The van der Waals surface area contributed by atoms with Crippen molar-refractivity contribution in [1.82, 2.24) is 14.8 Å². The van der Waals surface area contributed by atoms with E-state index in [0.717, 1.165) is 10.6 Å². The number of primary amides is 1. The molecular weight excluding hydrogens is 326 g/mol. The number of aromatic nitrogens is 3. The lowest BCUT2D eigenvalue weighted by Gasteiger charge is -2.16. The van der Waals surface area contributed by atoms with Gasteiger partial charge in [-0.05, 0) is 24.3 Å². The van der Waals surface area contributed by atoms with E-state index in [-0.39, 0.29) is 5.91 Å². The summed E-state index contributed by atoms with van der Waals surface area (Å²) < 4.78 is 1.69. The number of nitrogens with two attached hydrogens (primary N) is 1. The van der Waals surface area contributed by atoms with Crippen LogP contribution in [0.1, 0.15) is 20.0 Å². The molecule has 3 aromatic rings. The second kappa shape index (κ2) is 6.25. The van der Waals surface area contributed by atoms with E-state index in [1.807, 2.05) is 13.2 Å². The normalized spacial score (nSPS) is 10.6. The van der Waals surface area contributed by atoms with Crippen LogP contribution in [0.5, 0.6) is 0 Å². The maximum Gasteiger partial charge on any atom is 0.269 e. The number of amides is 2. The number of aryl methyl sites for hydroxylation is 1. The molecule has 0 unspecified atom stereocenters. The predicted octanol–water partition coefficient (Wildman–Crippen LogP) is 1.92. The summed E-state index contributed by atoms with van der Waals surface area (Å²) in [7, 11) is 3.50. The molecule has 24 heavy (non-hydrogen) atoms. The number of nitrogens with zero attached hydrogens (tertiary/aromatic N) is 4. The average Bonchev–Trinajstić information content (AvgIpc) is 3.22. The van der Waals surface area contributed by atoms with Gasteiger partial charge < -0.3 is 10.6 Å². The fourth-order valence-electron chi connectivity index (χ4n) is 2.17. The van der Waals surface area contributed by atoms with E-state index in [2.05, 4.69) is 10.1 Å². The Bertz CT molecular complexity index is 897. The third-order valence-electron chi connectivity index (χ3n) is 3.51. The molecule has 0 aliphatic heterocycles. The Morgan fingerprint density at radius 3 is 2.50 bits per heavy atom. The minimum absolute atomic E-state index is 0.172. The van der Waals surface area contributed by atoms with Gasteiger partial charge in [-0.2, -0.15) is 5.10 Å². The number of anilines is 1. The molecule has 0 atom stereocenters. The highest BCUT2D eigenvalue weighted by Crippen LogP contribution is 2.26. The molecular formula is C16H15N5O2S. The molecule has 0 bridgehead atoms. The van der Waals surface area contributed by atoms with Crippen molar-refractivity contribution < 1.29 is 9.59 Å². The Hall–Kier alpha value is -3.00. The topological polar surface area (TPSA) is 94.1 Å². The van der Waals surface area contributed by atoms with E-state index in [9.17, 15) is 9.59 Å². The van der Waals surface area contributed by atoms with Crippen LogP contribution < -0.4 is 10.6 Å². The van der Waals surface area contributed by atoms with Gasteiger partial charge in [-0.15, -0.1) is 11.3 Å². The zero-order chi connectivity index (χ0) is 17.3. The van der Waals surface area contributed by atoms with E-state index in [1.54, 1.807) is 48.4 Å². The summed E-state index contributed by atoms with van der Waals surface area (Å²) in [6.07, 6.45) is 5.11.